The van der Waals surface area contributed by atoms with E-state index >= 15 is 0 Å². The Morgan fingerprint density at radius 3 is 2.81 bits per heavy atom. The summed E-state index contributed by atoms with van der Waals surface area (Å²) in [7, 11) is 0. The highest BCUT2D eigenvalue weighted by atomic mass is 79.9. The van der Waals surface area contributed by atoms with Crippen molar-refractivity contribution in [3.8, 4) is 5.75 Å². The number of carbonyl (C=O) groups is 1. The average molecular weight is 472 g/mol. The first-order chi connectivity index (χ1) is 12.6. The van der Waals surface area contributed by atoms with Gasteiger partial charge in [0, 0.05) is 21.8 Å². The predicted octanol–water partition coefficient (Wildman–Crippen LogP) is 4.99. The number of aromatic nitrogens is 1. The molecule has 0 aliphatic carbocycles. The number of thioether (sulfide) groups is 1. The van der Waals surface area contributed by atoms with Crippen LogP contribution in [-0.4, -0.2) is 29.1 Å². The monoisotopic (exact) mass is 470 g/mol. The third kappa shape index (κ3) is 4.91. The van der Waals surface area contributed by atoms with Crippen LogP contribution in [0.1, 0.15) is 0 Å². The standard InChI is InChI=1S/C18H16BrClN2O2S2/c1-25-9-8-22-15-7-2-12(19)10-16(15)26-18(22)21-17(23)11-24-14-5-3-13(20)4-6-14/h2-7,10H,8-9,11H2,1H3. The lowest BCUT2D eigenvalue weighted by Crippen LogP contribution is -2.20. The van der Waals surface area contributed by atoms with Crippen LogP contribution in [0.4, 0.5) is 0 Å². The molecule has 2 aromatic carbocycles. The van der Waals surface area contributed by atoms with Crippen molar-refractivity contribution >= 4 is 66.8 Å². The van der Waals surface area contributed by atoms with Crippen molar-refractivity contribution in [2.75, 3.05) is 18.6 Å². The number of carbonyl (C=O) groups excluding carboxylic acids is 1. The lowest BCUT2D eigenvalue weighted by atomic mass is 10.3. The molecule has 0 unspecified atom stereocenters. The Balaban J connectivity index is 1.84. The molecule has 1 heterocycles. The lowest BCUT2D eigenvalue weighted by molar-refractivity contribution is -0.120. The third-order valence-corrected chi connectivity index (χ3v) is 5.94. The molecule has 4 nitrogen and oxygen atoms in total. The minimum Gasteiger partial charge on any atom is -0.484 e. The molecule has 1 amide bonds. The highest BCUT2D eigenvalue weighted by molar-refractivity contribution is 9.10. The summed E-state index contributed by atoms with van der Waals surface area (Å²) >= 11 is 12.6. The van der Waals surface area contributed by atoms with Crippen LogP contribution in [0.15, 0.2) is 51.9 Å². The molecule has 1 aromatic heterocycles. The van der Waals surface area contributed by atoms with Gasteiger partial charge in [-0.1, -0.05) is 38.9 Å². The van der Waals surface area contributed by atoms with E-state index in [2.05, 4.69) is 31.7 Å². The number of nitrogens with zero attached hydrogens (tertiary/aromatic N) is 2. The summed E-state index contributed by atoms with van der Waals surface area (Å²) in [4.78, 5) is 17.3. The van der Waals surface area contributed by atoms with Crippen molar-refractivity contribution in [1.29, 1.82) is 0 Å². The fourth-order valence-electron chi connectivity index (χ4n) is 2.35. The van der Waals surface area contributed by atoms with Gasteiger partial charge in [0.05, 0.1) is 10.2 Å². The van der Waals surface area contributed by atoms with Crippen molar-refractivity contribution in [2.24, 2.45) is 4.99 Å². The minimum atomic E-state index is -0.316. The first-order valence-corrected chi connectivity index (χ1v) is 11.2. The van der Waals surface area contributed by atoms with Crippen molar-refractivity contribution in [3.05, 3.63) is 56.8 Å². The largest absolute Gasteiger partial charge is 0.484 e. The molecular formula is C18H16BrClN2O2S2. The zero-order chi connectivity index (χ0) is 18.5. The van der Waals surface area contributed by atoms with Crippen LogP contribution in [0.3, 0.4) is 0 Å². The van der Waals surface area contributed by atoms with E-state index in [0.717, 1.165) is 27.0 Å². The summed E-state index contributed by atoms with van der Waals surface area (Å²) < 4.78 is 9.67. The van der Waals surface area contributed by atoms with Crippen LogP contribution in [-0.2, 0) is 11.3 Å². The maximum absolute atomic E-state index is 12.3. The fraction of sp³-hybridized carbons (Fsp3) is 0.222. The molecule has 3 aromatic rings. The smallest absolute Gasteiger partial charge is 0.286 e. The second-order valence-electron chi connectivity index (χ2n) is 5.39. The molecule has 0 saturated carbocycles. The number of amides is 1. The van der Waals surface area contributed by atoms with Gasteiger partial charge >= 0.3 is 0 Å². The van der Waals surface area contributed by atoms with E-state index in [4.69, 9.17) is 16.3 Å². The molecule has 26 heavy (non-hydrogen) atoms. The van der Waals surface area contributed by atoms with Crippen LogP contribution >= 0.6 is 50.6 Å². The molecule has 0 aliphatic rings. The van der Waals surface area contributed by atoms with E-state index in [9.17, 15) is 4.79 Å². The van der Waals surface area contributed by atoms with E-state index in [0.29, 0.717) is 15.6 Å². The second kappa shape index (κ2) is 9.08. The number of thiazole rings is 1. The van der Waals surface area contributed by atoms with Crippen molar-refractivity contribution in [3.63, 3.8) is 0 Å². The Morgan fingerprint density at radius 2 is 2.08 bits per heavy atom. The highest BCUT2D eigenvalue weighted by Crippen LogP contribution is 2.22. The quantitative estimate of drug-likeness (QED) is 0.509. The van der Waals surface area contributed by atoms with Crippen LogP contribution in [0.25, 0.3) is 10.2 Å². The van der Waals surface area contributed by atoms with Gasteiger partial charge in [0.15, 0.2) is 11.4 Å². The topological polar surface area (TPSA) is 43.6 Å². The average Bonchev–Trinajstić information content (AvgIpc) is 2.95. The van der Waals surface area contributed by atoms with Crippen molar-refractivity contribution in [2.45, 2.75) is 6.54 Å². The summed E-state index contributed by atoms with van der Waals surface area (Å²) in [6, 6.07) is 13.0. The summed E-state index contributed by atoms with van der Waals surface area (Å²) in [5.41, 5.74) is 1.08. The lowest BCUT2D eigenvalue weighted by Gasteiger charge is -2.04. The number of ether oxygens (including phenoxy) is 1. The van der Waals surface area contributed by atoms with E-state index in [1.54, 1.807) is 36.0 Å². The molecule has 0 spiro atoms. The van der Waals surface area contributed by atoms with Crippen LogP contribution in [0.2, 0.25) is 5.02 Å². The number of halogens is 2. The maximum atomic E-state index is 12.3. The SMILES string of the molecule is CSCCn1c(=NC(=O)COc2ccc(Cl)cc2)sc2cc(Br)ccc21. The Labute approximate surface area is 173 Å². The number of fused-ring (bicyclic) bond motifs is 1. The molecule has 8 heteroatoms. The Morgan fingerprint density at radius 1 is 1.31 bits per heavy atom. The normalized spacial score (nSPS) is 11.9. The Bertz CT molecular complexity index is 983. The van der Waals surface area contributed by atoms with Gasteiger partial charge in [-0.25, -0.2) is 0 Å². The van der Waals surface area contributed by atoms with Gasteiger partial charge in [0.1, 0.15) is 5.75 Å². The first kappa shape index (κ1) is 19.5. The maximum Gasteiger partial charge on any atom is 0.286 e. The van der Waals surface area contributed by atoms with Gasteiger partial charge in [-0.3, -0.25) is 4.79 Å². The van der Waals surface area contributed by atoms with Gasteiger partial charge in [-0.05, 0) is 48.7 Å². The fourth-order valence-corrected chi connectivity index (χ4v) is 4.46. The summed E-state index contributed by atoms with van der Waals surface area (Å²) in [6.45, 7) is 0.690. The molecule has 0 N–H and O–H groups in total. The second-order valence-corrected chi connectivity index (χ2v) is 8.74. The number of hydrogen-bond acceptors (Lipinski definition) is 4. The van der Waals surface area contributed by atoms with Gasteiger partial charge in [-0.15, -0.1) is 0 Å². The molecule has 136 valence electrons. The van der Waals surface area contributed by atoms with Crippen LogP contribution in [0.5, 0.6) is 5.75 Å². The predicted molar refractivity (Wildman–Crippen MR) is 113 cm³/mol. The van der Waals surface area contributed by atoms with E-state index in [1.165, 1.54) is 11.3 Å². The molecule has 0 aliphatic heterocycles. The Kier molecular flexibility index (Phi) is 6.80. The van der Waals surface area contributed by atoms with Crippen molar-refractivity contribution < 1.29 is 9.53 Å². The zero-order valence-corrected chi connectivity index (χ0v) is 17.9. The number of benzene rings is 2. The van der Waals surface area contributed by atoms with E-state index in [1.807, 2.05) is 18.2 Å². The molecule has 0 saturated heterocycles. The van der Waals surface area contributed by atoms with Gasteiger partial charge in [0.2, 0.25) is 0 Å². The highest BCUT2D eigenvalue weighted by Gasteiger charge is 2.09. The summed E-state index contributed by atoms with van der Waals surface area (Å²) in [5.74, 6) is 1.22. The van der Waals surface area contributed by atoms with Gasteiger partial charge in [0.25, 0.3) is 5.91 Å². The van der Waals surface area contributed by atoms with Gasteiger partial charge < -0.3 is 9.30 Å². The van der Waals surface area contributed by atoms with Crippen LogP contribution in [0, 0.1) is 0 Å². The minimum absolute atomic E-state index is 0.109. The van der Waals surface area contributed by atoms with Crippen molar-refractivity contribution in [1.82, 2.24) is 4.57 Å². The molecule has 0 fully saturated rings. The summed E-state index contributed by atoms with van der Waals surface area (Å²) in [5, 5.41) is 0.625. The number of hydrogen-bond donors (Lipinski definition) is 0. The van der Waals surface area contributed by atoms with Crippen LogP contribution < -0.4 is 9.54 Å². The number of aryl methyl sites for hydroxylation is 1. The molecular weight excluding hydrogens is 456 g/mol. The molecule has 3 rings (SSSR count). The van der Waals surface area contributed by atoms with E-state index in [-0.39, 0.29) is 12.5 Å². The zero-order valence-electron chi connectivity index (χ0n) is 13.9. The summed E-state index contributed by atoms with van der Waals surface area (Å²) in [6.07, 6.45) is 2.06. The number of rotatable bonds is 6. The first-order valence-electron chi connectivity index (χ1n) is 7.80. The Hall–Kier alpha value is -1.28. The van der Waals surface area contributed by atoms with Gasteiger partial charge in [-0.2, -0.15) is 16.8 Å². The molecule has 0 radical (unpaired) electrons. The third-order valence-electron chi connectivity index (χ3n) is 3.56. The van der Waals surface area contributed by atoms with E-state index < -0.39 is 0 Å². The molecule has 0 bridgehead atoms. The molecule has 0 atom stereocenters.